The fraction of sp³-hybridized carbons (Fsp3) is 0.409. The SMILES string of the molecule is Cl.Cl.O=C(Nc1ccncc1)c1ccc(CNC(=O)C2CC3CCCCC3N2)cc1. The largest absolute Gasteiger partial charge is 0.351 e. The molecule has 0 radical (unpaired) electrons. The Morgan fingerprint density at radius 3 is 2.40 bits per heavy atom. The molecule has 4 rings (SSSR count). The zero-order chi connectivity index (χ0) is 19.3. The first kappa shape index (κ1) is 24.1. The third kappa shape index (κ3) is 5.94. The molecule has 1 aromatic heterocycles. The van der Waals surface area contributed by atoms with Gasteiger partial charge in [-0.1, -0.05) is 25.0 Å². The van der Waals surface area contributed by atoms with E-state index in [0.717, 1.165) is 12.0 Å². The first-order valence-corrected chi connectivity index (χ1v) is 10.0. The molecule has 0 bridgehead atoms. The van der Waals surface area contributed by atoms with Crippen LogP contribution < -0.4 is 16.0 Å². The molecule has 3 atom stereocenters. The molecule has 1 aliphatic carbocycles. The molecule has 2 aliphatic rings. The Labute approximate surface area is 189 Å². The normalized spacial score (nSPS) is 22.1. The highest BCUT2D eigenvalue weighted by atomic mass is 35.5. The first-order valence-electron chi connectivity index (χ1n) is 10.0. The number of aromatic nitrogens is 1. The second-order valence-corrected chi connectivity index (χ2v) is 7.71. The zero-order valence-corrected chi connectivity index (χ0v) is 18.3. The van der Waals surface area contributed by atoms with Crippen LogP contribution in [-0.4, -0.2) is 28.9 Å². The molecule has 8 heteroatoms. The van der Waals surface area contributed by atoms with Crippen molar-refractivity contribution in [2.45, 2.75) is 50.7 Å². The molecule has 1 saturated carbocycles. The number of halogens is 2. The van der Waals surface area contributed by atoms with E-state index in [1.54, 1.807) is 36.7 Å². The van der Waals surface area contributed by atoms with E-state index >= 15 is 0 Å². The van der Waals surface area contributed by atoms with Crippen molar-refractivity contribution in [3.05, 3.63) is 59.9 Å². The van der Waals surface area contributed by atoms with Crippen LogP contribution in [0.5, 0.6) is 0 Å². The molecule has 1 saturated heterocycles. The van der Waals surface area contributed by atoms with Crippen LogP contribution in [0.25, 0.3) is 0 Å². The highest BCUT2D eigenvalue weighted by Gasteiger charge is 2.37. The Hall–Kier alpha value is -2.15. The maximum Gasteiger partial charge on any atom is 0.255 e. The molecule has 1 aromatic carbocycles. The maximum atomic E-state index is 12.5. The number of amides is 2. The number of carbonyl (C=O) groups excluding carboxylic acids is 2. The van der Waals surface area contributed by atoms with Crippen molar-refractivity contribution in [3.8, 4) is 0 Å². The number of carbonyl (C=O) groups is 2. The van der Waals surface area contributed by atoms with E-state index in [-0.39, 0.29) is 42.7 Å². The molecule has 6 nitrogen and oxygen atoms in total. The summed E-state index contributed by atoms with van der Waals surface area (Å²) in [5.74, 6) is 0.566. The standard InChI is InChI=1S/C22H26N4O2.2ClH/c27-21(25-18-9-11-23-12-10-18)16-7-5-15(6-8-16)14-24-22(28)20-13-17-3-1-2-4-19(17)26-20;;/h5-12,17,19-20,26H,1-4,13-14H2,(H,24,28)(H,23,25,27);2*1H. The summed E-state index contributed by atoms with van der Waals surface area (Å²) in [5.41, 5.74) is 2.26. The van der Waals surface area contributed by atoms with Gasteiger partial charge in [-0.25, -0.2) is 0 Å². The van der Waals surface area contributed by atoms with Crippen molar-refractivity contribution in [2.75, 3.05) is 5.32 Å². The maximum absolute atomic E-state index is 12.5. The van der Waals surface area contributed by atoms with E-state index in [2.05, 4.69) is 20.9 Å². The molecule has 2 aromatic rings. The lowest BCUT2D eigenvalue weighted by Crippen LogP contribution is -2.42. The third-order valence-electron chi connectivity index (χ3n) is 5.80. The van der Waals surface area contributed by atoms with E-state index in [9.17, 15) is 9.59 Å². The Morgan fingerprint density at radius 2 is 1.70 bits per heavy atom. The predicted octanol–water partition coefficient (Wildman–Crippen LogP) is 3.71. The van der Waals surface area contributed by atoms with Crippen LogP contribution >= 0.6 is 24.8 Å². The van der Waals surface area contributed by atoms with Gasteiger partial charge in [0.05, 0.1) is 6.04 Å². The zero-order valence-electron chi connectivity index (χ0n) is 16.7. The van der Waals surface area contributed by atoms with E-state index < -0.39 is 0 Å². The Morgan fingerprint density at radius 1 is 1.00 bits per heavy atom. The summed E-state index contributed by atoms with van der Waals surface area (Å²) in [6.07, 6.45) is 9.21. The summed E-state index contributed by atoms with van der Waals surface area (Å²) in [6.45, 7) is 0.471. The predicted molar refractivity (Wildman–Crippen MR) is 122 cm³/mol. The summed E-state index contributed by atoms with van der Waals surface area (Å²) in [7, 11) is 0. The minimum absolute atomic E-state index is 0. The highest BCUT2D eigenvalue weighted by Crippen LogP contribution is 2.33. The van der Waals surface area contributed by atoms with Crippen LogP contribution in [-0.2, 0) is 11.3 Å². The van der Waals surface area contributed by atoms with E-state index in [1.165, 1.54) is 25.7 Å². The third-order valence-corrected chi connectivity index (χ3v) is 5.80. The smallest absolute Gasteiger partial charge is 0.255 e. The number of pyridine rings is 1. The number of fused-ring (bicyclic) bond motifs is 1. The molecular weight excluding hydrogens is 423 g/mol. The number of benzene rings is 1. The molecule has 0 spiro atoms. The number of nitrogens with one attached hydrogen (secondary N) is 3. The summed E-state index contributed by atoms with van der Waals surface area (Å²) < 4.78 is 0. The van der Waals surface area contributed by atoms with Gasteiger partial charge in [0.25, 0.3) is 5.91 Å². The van der Waals surface area contributed by atoms with Gasteiger partial charge in [0.2, 0.25) is 5.91 Å². The van der Waals surface area contributed by atoms with Gasteiger partial charge >= 0.3 is 0 Å². The summed E-state index contributed by atoms with van der Waals surface area (Å²) in [6, 6.07) is 11.2. The fourth-order valence-corrected chi connectivity index (χ4v) is 4.25. The van der Waals surface area contributed by atoms with Gasteiger partial charge in [0.15, 0.2) is 0 Å². The average molecular weight is 451 g/mol. The van der Waals surface area contributed by atoms with Crippen LogP contribution in [0.2, 0.25) is 0 Å². The van der Waals surface area contributed by atoms with Gasteiger partial charge in [-0.15, -0.1) is 24.8 Å². The second-order valence-electron chi connectivity index (χ2n) is 7.71. The van der Waals surface area contributed by atoms with E-state index in [0.29, 0.717) is 29.8 Å². The molecule has 2 heterocycles. The molecule has 3 unspecified atom stereocenters. The van der Waals surface area contributed by atoms with Gasteiger partial charge in [0, 0.05) is 36.2 Å². The van der Waals surface area contributed by atoms with Crippen LogP contribution in [0.4, 0.5) is 5.69 Å². The molecule has 1 aliphatic heterocycles. The minimum atomic E-state index is -0.167. The number of rotatable bonds is 5. The highest BCUT2D eigenvalue weighted by molar-refractivity contribution is 6.04. The van der Waals surface area contributed by atoms with Gasteiger partial charge in [-0.05, 0) is 55.0 Å². The molecular formula is C22H28Cl2N4O2. The summed E-state index contributed by atoms with van der Waals surface area (Å²) in [4.78, 5) is 28.7. The monoisotopic (exact) mass is 450 g/mol. The lowest BCUT2D eigenvalue weighted by molar-refractivity contribution is -0.123. The molecule has 3 N–H and O–H groups in total. The number of hydrogen-bond donors (Lipinski definition) is 3. The van der Waals surface area contributed by atoms with Crippen molar-refractivity contribution >= 4 is 42.3 Å². The topological polar surface area (TPSA) is 83.1 Å². The van der Waals surface area contributed by atoms with Crippen LogP contribution in [0, 0.1) is 5.92 Å². The first-order chi connectivity index (χ1) is 13.7. The Kier molecular flexibility index (Phi) is 9.08. The number of hydrogen-bond acceptors (Lipinski definition) is 4. The summed E-state index contributed by atoms with van der Waals surface area (Å²) in [5, 5.41) is 9.37. The Bertz CT molecular complexity index is 819. The number of anilines is 1. The molecule has 30 heavy (non-hydrogen) atoms. The van der Waals surface area contributed by atoms with Gasteiger partial charge in [-0.2, -0.15) is 0 Å². The number of nitrogens with zero attached hydrogens (tertiary/aromatic N) is 1. The fourth-order valence-electron chi connectivity index (χ4n) is 4.25. The minimum Gasteiger partial charge on any atom is -0.351 e. The van der Waals surface area contributed by atoms with E-state index in [4.69, 9.17) is 0 Å². The Balaban J connectivity index is 0.00000160. The van der Waals surface area contributed by atoms with Crippen LogP contribution in [0.1, 0.15) is 48.0 Å². The summed E-state index contributed by atoms with van der Waals surface area (Å²) >= 11 is 0. The van der Waals surface area contributed by atoms with Crippen LogP contribution in [0.15, 0.2) is 48.8 Å². The lowest BCUT2D eigenvalue weighted by Gasteiger charge is -2.24. The van der Waals surface area contributed by atoms with Gasteiger partial charge in [0.1, 0.15) is 0 Å². The van der Waals surface area contributed by atoms with Crippen molar-refractivity contribution in [1.82, 2.24) is 15.6 Å². The quantitative estimate of drug-likeness (QED) is 0.647. The molecule has 2 amide bonds. The van der Waals surface area contributed by atoms with Gasteiger partial charge in [-0.3, -0.25) is 14.6 Å². The van der Waals surface area contributed by atoms with Crippen molar-refractivity contribution in [2.24, 2.45) is 5.92 Å². The van der Waals surface area contributed by atoms with Gasteiger partial charge < -0.3 is 16.0 Å². The second kappa shape index (κ2) is 11.3. The van der Waals surface area contributed by atoms with Crippen molar-refractivity contribution < 1.29 is 9.59 Å². The van der Waals surface area contributed by atoms with E-state index in [1.807, 2.05) is 12.1 Å². The molecule has 2 fully saturated rings. The van der Waals surface area contributed by atoms with Crippen LogP contribution in [0.3, 0.4) is 0 Å². The van der Waals surface area contributed by atoms with Crippen molar-refractivity contribution in [3.63, 3.8) is 0 Å². The molecule has 162 valence electrons. The lowest BCUT2D eigenvalue weighted by atomic mass is 9.85. The average Bonchev–Trinajstić information content (AvgIpc) is 3.17. The van der Waals surface area contributed by atoms with Crippen molar-refractivity contribution in [1.29, 1.82) is 0 Å².